The standard InChI is InChI=1S/C12H11N3O2/c1-7-3-4-9-10(5-7)15(16)12(13-9)11-6-8(2)14-17-11/h3-6,16H,1-2H3. The summed E-state index contributed by atoms with van der Waals surface area (Å²) in [5.41, 5.74) is 3.20. The summed E-state index contributed by atoms with van der Waals surface area (Å²) in [4.78, 5) is 4.32. The van der Waals surface area contributed by atoms with Crippen LogP contribution in [0.4, 0.5) is 0 Å². The zero-order chi connectivity index (χ0) is 12.0. The molecule has 3 aromatic rings. The minimum Gasteiger partial charge on any atom is -0.426 e. The van der Waals surface area contributed by atoms with Gasteiger partial charge in [0.1, 0.15) is 5.52 Å². The van der Waals surface area contributed by atoms with Crippen LogP contribution in [0.3, 0.4) is 0 Å². The van der Waals surface area contributed by atoms with Crippen molar-refractivity contribution in [2.24, 2.45) is 0 Å². The van der Waals surface area contributed by atoms with Gasteiger partial charge in [-0.25, -0.2) is 4.98 Å². The van der Waals surface area contributed by atoms with Crippen molar-refractivity contribution >= 4 is 11.0 Å². The minimum absolute atomic E-state index is 0.367. The predicted molar refractivity (Wildman–Crippen MR) is 61.9 cm³/mol. The molecule has 17 heavy (non-hydrogen) atoms. The van der Waals surface area contributed by atoms with Crippen LogP contribution in [0, 0.1) is 13.8 Å². The first-order chi connectivity index (χ1) is 8.15. The summed E-state index contributed by atoms with van der Waals surface area (Å²) < 4.78 is 6.13. The molecule has 1 N–H and O–H groups in total. The van der Waals surface area contributed by atoms with E-state index in [0.717, 1.165) is 21.5 Å². The maximum absolute atomic E-state index is 10.0. The number of nitrogens with zero attached hydrogens (tertiary/aromatic N) is 3. The van der Waals surface area contributed by atoms with Crippen LogP contribution in [0.15, 0.2) is 28.8 Å². The SMILES string of the molecule is Cc1ccc2nc(-c3cc(C)no3)n(O)c2c1. The molecule has 0 fully saturated rings. The highest BCUT2D eigenvalue weighted by molar-refractivity contribution is 5.79. The van der Waals surface area contributed by atoms with Crippen LogP contribution >= 0.6 is 0 Å². The van der Waals surface area contributed by atoms with Gasteiger partial charge < -0.3 is 9.73 Å². The average Bonchev–Trinajstić information content (AvgIpc) is 2.84. The first-order valence-electron chi connectivity index (χ1n) is 5.27. The number of imidazole rings is 1. The van der Waals surface area contributed by atoms with E-state index in [9.17, 15) is 5.21 Å². The quantitative estimate of drug-likeness (QED) is 0.651. The Hall–Kier alpha value is -2.30. The van der Waals surface area contributed by atoms with Gasteiger partial charge in [-0.1, -0.05) is 11.2 Å². The molecule has 1 aromatic carbocycles. The van der Waals surface area contributed by atoms with Crippen molar-refractivity contribution in [3.8, 4) is 11.6 Å². The molecule has 0 radical (unpaired) electrons. The Balaban J connectivity index is 2.27. The molecule has 0 saturated carbocycles. The van der Waals surface area contributed by atoms with Gasteiger partial charge in [0.25, 0.3) is 0 Å². The molecule has 5 heteroatoms. The third-order valence-corrected chi connectivity index (χ3v) is 2.63. The molecule has 0 saturated heterocycles. The number of fused-ring (bicyclic) bond motifs is 1. The molecule has 0 spiro atoms. The zero-order valence-corrected chi connectivity index (χ0v) is 9.51. The van der Waals surface area contributed by atoms with Crippen molar-refractivity contribution in [1.29, 1.82) is 0 Å². The Labute approximate surface area is 97.3 Å². The van der Waals surface area contributed by atoms with E-state index < -0.39 is 0 Å². The van der Waals surface area contributed by atoms with Crippen molar-refractivity contribution in [3.05, 3.63) is 35.5 Å². The van der Waals surface area contributed by atoms with Gasteiger partial charge in [0.2, 0.25) is 11.6 Å². The molecule has 0 aliphatic heterocycles. The van der Waals surface area contributed by atoms with Gasteiger partial charge >= 0.3 is 0 Å². The van der Waals surface area contributed by atoms with Crippen LogP contribution < -0.4 is 0 Å². The lowest BCUT2D eigenvalue weighted by Crippen LogP contribution is -1.93. The average molecular weight is 229 g/mol. The molecular formula is C12H11N3O2. The van der Waals surface area contributed by atoms with Gasteiger partial charge in [-0.05, 0) is 31.5 Å². The Morgan fingerprint density at radius 2 is 2.06 bits per heavy atom. The van der Waals surface area contributed by atoms with Gasteiger partial charge in [-0.3, -0.25) is 0 Å². The summed E-state index contributed by atoms with van der Waals surface area (Å²) in [5, 5.41) is 13.8. The lowest BCUT2D eigenvalue weighted by atomic mass is 10.2. The van der Waals surface area contributed by atoms with E-state index in [-0.39, 0.29) is 0 Å². The van der Waals surface area contributed by atoms with Crippen LogP contribution in [-0.4, -0.2) is 20.1 Å². The Kier molecular flexibility index (Phi) is 1.95. The second-order valence-corrected chi connectivity index (χ2v) is 4.07. The lowest BCUT2D eigenvalue weighted by molar-refractivity contribution is 0.200. The van der Waals surface area contributed by atoms with Crippen LogP contribution in [0.1, 0.15) is 11.3 Å². The summed E-state index contributed by atoms with van der Waals surface area (Å²) in [6, 6.07) is 7.42. The maximum Gasteiger partial charge on any atom is 0.215 e. The Morgan fingerprint density at radius 1 is 1.24 bits per heavy atom. The van der Waals surface area contributed by atoms with Crippen molar-refractivity contribution in [1.82, 2.24) is 14.9 Å². The minimum atomic E-state index is 0.367. The monoisotopic (exact) mass is 229 g/mol. The van der Waals surface area contributed by atoms with Gasteiger partial charge in [-0.15, -0.1) is 0 Å². The molecule has 3 rings (SSSR count). The number of aromatic nitrogens is 3. The first-order valence-corrected chi connectivity index (χ1v) is 5.27. The fraction of sp³-hybridized carbons (Fsp3) is 0.167. The number of hydrogen-bond acceptors (Lipinski definition) is 4. The Morgan fingerprint density at radius 3 is 2.76 bits per heavy atom. The molecule has 2 aromatic heterocycles. The largest absolute Gasteiger partial charge is 0.426 e. The van der Waals surface area contributed by atoms with Crippen LogP contribution in [0.5, 0.6) is 0 Å². The van der Waals surface area contributed by atoms with Gasteiger partial charge in [0.15, 0.2) is 0 Å². The topological polar surface area (TPSA) is 64.1 Å². The van der Waals surface area contributed by atoms with Gasteiger partial charge in [-0.2, -0.15) is 4.73 Å². The van der Waals surface area contributed by atoms with E-state index in [1.165, 1.54) is 0 Å². The predicted octanol–water partition coefficient (Wildman–Crippen LogP) is 2.55. The van der Waals surface area contributed by atoms with Gasteiger partial charge in [0, 0.05) is 6.07 Å². The van der Waals surface area contributed by atoms with Crippen LogP contribution in [0.2, 0.25) is 0 Å². The van der Waals surface area contributed by atoms with Crippen molar-refractivity contribution in [2.45, 2.75) is 13.8 Å². The van der Waals surface area contributed by atoms with E-state index in [4.69, 9.17) is 4.52 Å². The van der Waals surface area contributed by atoms with Crippen molar-refractivity contribution in [2.75, 3.05) is 0 Å². The van der Waals surface area contributed by atoms with E-state index in [0.29, 0.717) is 17.1 Å². The molecule has 0 bridgehead atoms. The maximum atomic E-state index is 10.0. The third kappa shape index (κ3) is 1.47. The molecule has 5 nitrogen and oxygen atoms in total. The van der Waals surface area contributed by atoms with Crippen molar-refractivity contribution in [3.63, 3.8) is 0 Å². The fourth-order valence-electron chi connectivity index (χ4n) is 1.80. The smallest absolute Gasteiger partial charge is 0.215 e. The number of benzene rings is 1. The van der Waals surface area contributed by atoms with Crippen LogP contribution in [0.25, 0.3) is 22.6 Å². The lowest BCUT2D eigenvalue weighted by Gasteiger charge is -1.96. The van der Waals surface area contributed by atoms with Gasteiger partial charge in [0.05, 0.1) is 11.2 Å². The van der Waals surface area contributed by atoms with E-state index >= 15 is 0 Å². The zero-order valence-electron chi connectivity index (χ0n) is 9.51. The fourth-order valence-corrected chi connectivity index (χ4v) is 1.80. The molecule has 0 aliphatic carbocycles. The molecule has 0 atom stereocenters. The number of hydrogen-bond donors (Lipinski definition) is 1. The Bertz CT molecular complexity index is 697. The molecule has 86 valence electrons. The summed E-state index contributed by atoms with van der Waals surface area (Å²) in [6.45, 7) is 3.78. The number of rotatable bonds is 1. The third-order valence-electron chi connectivity index (χ3n) is 2.63. The molecule has 2 heterocycles. The second kappa shape index (κ2) is 3.35. The highest BCUT2D eigenvalue weighted by atomic mass is 16.5. The molecule has 0 unspecified atom stereocenters. The summed E-state index contributed by atoms with van der Waals surface area (Å²) in [5.74, 6) is 0.824. The summed E-state index contributed by atoms with van der Waals surface area (Å²) in [7, 11) is 0. The molecular weight excluding hydrogens is 218 g/mol. The highest BCUT2D eigenvalue weighted by Crippen LogP contribution is 2.24. The second-order valence-electron chi connectivity index (χ2n) is 4.07. The molecule has 0 amide bonds. The summed E-state index contributed by atoms with van der Waals surface area (Å²) in [6.07, 6.45) is 0. The van der Waals surface area contributed by atoms with E-state index in [1.807, 2.05) is 32.0 Å². The first kappa shape index (κ1) is 9.89. The number of aryl methyl sites for hydroxylation is 2. The highest BCUT2D eigenvalue weighted by Gasteiger charge is 2.15. The van der Waals surface area contributed by atoms with Crippen LogP contribution in [-0.2, 0) is 0 Å². The van der Waals surface area contributed by atoms with E-state index in [2.05, 4.69) is 10.1 Å². The normalized spacial score (nSPS) is 11.2. The van der Waals surface area contributed by atoms with Crippen molar-refractivity contribution < 1.29 is 9.73 Å². The summed E-state index contributed by atoms with van der Waals surface area (Å²) >= 11 is 0. The van der Waals surface area contributed by atoms with E-state index in [1.54, 1.807) is 6.07 Å². The molecule has 0 aliphatic rings.